The number of terminal acetylenes is 1. The molecule has 1 heterocycles. The molecule has 0 bridgehead atoms. The molecule has 1 aromatic heterocycles. The summed E-state index contributed by atoms with van der Waals surface area (Å²) in [6, 6.07) is 10.7. The van der Waals surface area contributed by atoms with E-state index in [9.17, 15) is 0 Å². The van der Waals surface area contributed by atoms with Crippen LogP contribution in [0.4, 0.5) is 0 Å². The lowest BCUT2D eigenvalue weighted by molar-refractivity contribution is 0.463. The van der Waals surface area contributed by atoms with Gasteiger partial charge in [-0.25, -0.2) is 4.98 Å². The maximum atomic E-state index is 5.95. The monoisotopic (exact) mass is 229 g/mol. The third kappa shape index (κ3) is 2.33. The van der Waals surface area contributed by atoms with Gasteiger partial charge in [0.2, 0.25) is 5.88 Å². The highest BCUT2D eigenvalue weighted by molar-refractivity contribution is 6.32. The number of aromatic nitrogens is 1. The quantitative estimate of drug-likeness (QED) is 0.736. The van der Waals surface area contributed by atoms with Crippen LogP contribution in [0.3, 0.4) is 0 Å². The lowest BCUT2D eigenvalue weighted by Gasteiger charge is -2.05. The Labute approximate surface area is 98.9 Å². The smallest absolute Gasteiger partial charge is 0.219 e. The van der Waals surface area contributed by atoms with Crippen LogP contribution in [0, 0.1) is 12.3 Å². The van der Waals surface area contributed by atoms with Crippen molar-refractivity contribution >= 4 is 11.6 Å². The Kier molecular flexibility index (Phi) is 3.09. The van der Waals surface area contributed by atoms with E-state index < -0.39 is 0 Å². The number of halogens is 1. The summed E-state index contributed by atoms with van der Waals surface area (Å²) in [7, 11) is 0. The average molecular weight is 230 g/mol. The van der Waals surface area contributed by atoms with Gasteiger partial charge in [-0.3, -0.25) is 0 Å². The molecule has 0 saturated carbocycles. The molecule has 0 fully saturated rings. The van der Waals surface area contributed by atoms with E-state index in [1.807, 2.05) is 12.1 Å². The van der Waals surface area contributed by atoms with E-state index in [-0.39, 0.29) is 0 Å². The molecule has 0 spiro atoms. The van der Waals surface area contributed by atoms with Crippen LogP contribution >= 0.6 is 11.6 Å². The fraction of sp³-hybridized carbons (Fsp3) is 0. The number of para-hydroxylation sites is 1. The zero-order valence-corrected chi connectivity index (χ0v) is 9.11. The van der Waals surface area contributed by atoms with Crippen molar-refractivity contribution in [3.05, 3.63) is 53.2 Å². The molecule has 0 atom stereocenters. The van der Waals surface area contributed by atoms with Crippen LogP contribution in [0.25, 0.3) is 0 Å². The lowest BCUT2D eigenvalue weighted by Crippen LogP contribution is -1.88. The summed E-state index contributed by atoms with van der Waals surface area (Å²) in [6.45, 7) is 0. The number of hydrogen-bond donors (Lipinski definition) is 0. The summed E-state index contributed by atoms with van der Waals surface area (Å²) in [5.74, 6) is 3.52. The average Bonchev–Trinajstić information content (AvgIpc) is 2.33. The number of rotatable bonds is 2. The van der Waals surface area contributed by atoms with Crippen LogP contribution < -0.4 is 4.74 Å². The van der Waals surface area contributed by atoms with Crippen molar-refractivity contribution < 1.29 is 4.74 Å². The predicted octanol–water partition coefficient (Wildman–Crippen LogP) is 3.51. The van der Waals surface area contributed by atoms with Gasteiger partial charge in [0.15, 0.2) is 0 Å². The molecule has 0 amide bonds. The first-order valence-corrected chi connectivity index (χ1v) is 5.02. The first kappa shape index (κ1) is 10.5. The number of ether oxygens (including phenoxy) is 1. The van der Waals surface area contributed by atoms with E-state index in [0.29, 0.717) is 22.2 Å². The third-order valence-corrected chi connectivity index (χ3v) is 2.27. The van der Waals surface area contributed by atoms with E-state index in [2.05, 4.69) is 10.9 Å². The Morgan fingerprint density at radius 2 is 2.00 bits per heavy atom. The van der Waals surface area contributed by atoms with Crippen LogP contribution in [-0.2, 0) is 0 Å². The van der Waals surface area contributed by atoms with Crippen LogP contribution in [0.2, 0.25) is 5.02 Å². The summed E-state index contributed by atoms with van der Waals surface area (Å²) in [5.41, 5.74) is 0.714. The van der Waals surface area contributed by atoms with Crippen molar-refractivity contribution in [2.24, 2.45) is 0 Å². The van der Waals surface area contributed by atoms with Gasteiger partial charge in [-0.15, -0.1) is 6.42 Å². The number of nitrogens with zero attached hydrogens (tertiary/aromatic N) is 1. The van der Waals surface area contributed by atoms with Crippen LogP contribution in [0.15, 0.2) is 42.6 Å². The molecule has 2 rings (SSSR count). The Balaban J connectivity index is 2.22. The minimum absolute atomic E-state index is 0.465. The van der Waals surface area contributed by atoms with Crippen molar-refractivity contribution in [1.82, 2.24) is 4.98 Å². The van der Waals surface area contributed by atoms with Crippen molar-refractivity contribution in [2.75, 3.05) is 0 Å². The molecule has 2 nitrogen and oxygen atoms in total. The van der Waals surface area contributed by atoms with Gasteiger partial charge < -0.3 is 4.74 Å². The van der Waals surface area contributed by atoms with Gasteiger partial charge >= 0.3 is 0 Å². The molecular weight excluding hydrogens is 222 g/mol. The number of hydrogen-bond acceptors (Lipinski definition) is 2. The molecule has 1 aromatic carbocycles. The second kappa shape index (κ2) is 4.69. The number of pyridine rings is 1. The molecule has 0 N–H and O–H groups in total. The molecule has 16 heavy (non-hydrogen) atoms. The molecule has 0 saturated heterocycles. The van der Waals surface area contributed by atoms with E-state index in [0.717, 1.165) is 0 Å². The van der Waals surface area contributed by atoms with E-state index in [4.69, 9.17) is 22.8 Å². The van der Waals surface area contributed by atoms with Crippen molar-refractivity contribution in [3.63, 3.8) is 0 Å². The van der Waals surface area contributed by atoms with Gasteiger partial charge in [-0.2, -0.15) is 0 Å². The maximum absolute atomic E-state index is 5.95. The summed E-state index contributed by atoms with van der Waals surface area (Å²) < 4.78 is 5.50. The van der Waals surface area contributed by atoms with E-state index >= 15 is 0 Å². The highest BCUT2D eigenvalue weighted by Gasteiger charge is 2.02. The molecule has 0 aliphatic rings. The summed E-state index contributed by atoms with van der Waals surface area (Å²) >= 11 is 5.95. The Bertz CT molecular complexity index is 528. The second-order valence-corrected chi connectivity index (χ2v) is 3.47. The summed E-state index contributed by atoms with van der Waals surface area (Å²) in [4.78, 5) is 4.06. The molecule has 0 unspecified atom stereocenters. The molecule has 3 heteroatoms. The molecule has 0 radical (unpaired) electrons. The van der Waals surface area contributed by atoms with Crippen LogP contribution in [0.1, 0.15) is 5.56 Å². The van der Waals surface area contributed by atoms with Gasteiger partial charge in [0.25, 0.3) is 0 Å². The predicted molar refractivity (Wildman–Crippen MR) is 63.7 cm³/mol. The minimum Gasteiger partial charge on any atom is -0.437 e. The molecule has 2 aromatic rings. The van der Waals surface area contributed by atoms with Gasteiger partial charge in [-0.1, -0.05) is 29.7 Å². The molecular formula is C13H8ClNO. The zero-order valence-electron chi connectivity index (χ0n) is 8.35. The number of benzene rings is 1. The van der Waals surface area contributed by atoms with Gasteiger partial charge in [0, 0.05) is 17.8 Å². The highest BCUT2D eigenvalue weighted by Crippen LogP contribution is 2.27. The largest absolute Gasteiger partial charge is 0.437 e. The van der Waals surface area contributed by atoms with Gasteiger partial charge in [0.05, 0.1) is 5.02 Å². The maximum Gasteiger partial charge on any atom is 0.219 e. The fourth-order valence-electron chi connectivity index (χ4n) is 1.17. The van der Waals surface area contributed by atoms with Crippen molar-refractivity contribution in [2.45, 2.75) is 0 Å². The van der Waals surface area contributed by atoms with Gasteiger partial charge in [-0.05, 0) is 18.2 Å². The van der Waals surface area contributed by atoms with Crippen molar-refractivity contribution in [3.8, 4) is 24.0 Å². The SMILES string of the molecule is C#Cc1ccc(Oc2ccccc2Cl)nc1. The second-order valence-electron chi connectivity index (χ2n) is 3.06. The molecule has 0 aliphatic carbocycles. The fourth-order valence-corrected chi connectivity index (χ4v) is 1.34. The summed E-state index contributed by atoms with van der Waals surface area (Å²) in [6.07, 6.45) is 6.80. The lowest BCUT2D eigenvalue weighted by atomic mass is 10.3. The van der Waals surface area contributed by atoms with Crippen LogP contribution in [-0.4, -0.2) is 4.98 Å². The molecule has 0 aliphatic heterocycles. The summed E-state index contributed by atoms with van der Waals surface area (Å²) in [5, 5.41) is 0.547. The highest BCUT2D eigenvalue weighted by atomic mass is 35.5. The minimum atomic E-state index is 0.465. The normalized spacial score (nSPS) is 9.50. The van der Waals surface area contributed by atoms with Gasteiger partial charge in [0.1, 0.15) is 5.75 Å². The van der Waals surface area contributed by atoms with Crippen molar-refractivity contribution in [1.29, 1.82) is 0 Å². The Hall–Kier alpha value is -1.98. The van der Waals surface area contributed by atoms with E-state index in [1.54, 1.807) is 30.5 Å². The first-order valence-electron chi connectivity index (χ1n) is 4.64. The molecule has 78 valence electrons. The van der Waals surface area contributed by atoms with Crippen LogP contribution in [0.5, 0.6) is 11.6 Å². The first-order chi connectivity index (χ1) is 7.79. The van der Waals surface area contributed by atoms with E-state index in [1.165, 1.54) is 0 Å². The zero-order chi connectivity index (χ0) is 11.4. The standard InChI is InChI=1S/C13H8ClNO/c1-2-10-7-8-13(15-9-10)16-12-6-4-3-5-11(12)14/h1,3-9H. The third-order valence-electron chi connectivity index (χ3n) is 1.95. The Morgan fingerprint density at radius 1 is 1.19 bits per heavy atom. The Morgan fingerprint density at radius 3 is 2.62 bits per heavy atom. The topological polar surface area (TPSA) is 22.1 Å².